The molecule has 0 aromatic carbocycles. The number of nitriles is 1. The summed E-state index contributed by atoms with van der Waals surface area (Å²) < 4.78 is 0. The average Bonchev–Trinajstić information content (AvgIpc) is 3.03. The van der Waals surface area contributed by atoms with Crippen LogP contribution in [0.25, 0.3) is 0 Å². The Morgan fingerprint density at radius 1 is 1.68 bits per heavy atom. The van der Waals surface area contributed by atoms with Gasteiger partial charge in [-0.3, -0.25) is 4.79 Å². The molecular weight excluding hydrogens is 280 g/mol. The van der Waals surface area contributed by atoms with Gasteiger partial charge in [0.15, 0.2) is 0 Å². The number of likely N-dealkylation sites (tertiary alicyclic amines) is 1. The van der Waals surface area contributed by atoms with E-state index in [1.54, 1.807) is 17.2 Å². The summed E-state index contributed by atoms with van der Waals surface area (Å²) in [4.78, 5) is 22.2. The molecule has 7 nitrogen and oxygen atoms in total. The van der Waals surface area contributed by atoms with Crippen LogP contribution < -0.4 is 5.43 Å². The molecule has 0 aliphatic carbocycles. The topological polar surface area (TPSA) is 85.2 Å². The van der Waals surface area contributed by atoms with Gasteiger partial charge in [-0.05, 0) is 26.2 Å². The lowest BCUT2D eigenvalue weighted by molar-refractivity contribution is -0.132. The highest BCUT2D eigenvalue weighted by Crippen LogP contribution is 2.17. The SMILES string of the molecule is CC[C@H](C)N(CC(=O)N1CCCC1C#N)Nc1ccncn1. The van der Waals surface area contributed by atoms with E-state index in [1.165, 1.54) is 6.33 Å². The molecule has 2 rings (SSSR count). The first-order valence-corrected chi connectivity index (χ1v) is 7.64. The van der Waals surface area contributed by atoms with Crippen LogP contribution in [0.2, 0.25) is 0 Å². The summed E-state index contributed by atoms with van der Waals surface area (Å²) in [5, 5.41) is 11.0. The van der Waals surface area contributed by atoms with E-state index < -0.39 is 0 Å². The fraction of sp³-hybridized carbons (Fsp3) is 0.600. The van der Waals surface area contributed by atoms with E-state index in [2.05, 4.69) is 28.4 Å². The van der Waals surface area contributed by atoms with Crippen molar-refractivity contribution in [3.8, 4) is 6.07 Å². The smallest absolute Gasteiger partial charge is 0.239 e. The molecular formula is C15H22N6O. The highest BCUT2D eigenvalue weighted by Gasteiger charge is 2.30. The number of amides is 1. The van der Waals surface area contributed by atoms with Gasteiger partial charge in [-0.25, -0.2) is 15.0 Å². The van der Waals surface area contributed by atoms with Gasteiger partial charge in [0.05, 0.1) is 12.6 Å². The Hall–Kier alpha value is -2.20. The minimum Gasteiger partial charge on any atom is -0.325 e. The van der Waals surface area contributed by atoms with Crippen molar-refractivity contribution in [1.82, 2.24) is 19.9 Å². The predicted octanol–water partition coefficient (Wildman–Crippen LogP) is 1.42. The Bertz CT molecular complexity index is 529. The molecule has 1 aliphatic heterocycles. The van der Waals surface area contributed by atoms with Crippen molar-refractivity contribution in [3.05, 3.63) is 18.6 Å². The van der Waals surface area contributed by atoms with Crippen LogP contribution in [-0.4, -0.2) is 51.0 Å². The minimum atomic E-state index is -0.287. The van der Waals surface area contributed by atoms with Gasteiger partial charge in [-0.2, -0.15) is 5.26 Å². The molecule has 1 saturated heterocycles. The van der Waals surface area contributed by atoms with Crippen LogP contribution >= 0.6 is 0 Å². The number of anilines is 1. The molecule has 7 heteroatoms. The molecule has 1 N–H and O–H groups in total. The largest absolute Gasteiger partial charge is 0.325 e. The molecule has 1 unspecified atom stereocenters. The standard InChI is InChI=1S/C15H22N6O/c1-3-12(2)21(19-14-6-7-17-11-18-14)10-15(22)20-8-4-5-13(20)9-16/h6-7,11-13H,3-5,8,10H2,1-2H3,(H,17,18,19)/t12-,13?/m0/s1. The monoisotopic (exact) mass is 302 g/mol. The third-order valence-electron chi connectivity index (χ3n) is 3.99. The Morgan fingerprint density at radius 3 is 3.14 bits per heavy atom. The maximum Gasteiger partial charge on any atom is 0.239 e. The van der Waals surface area contributed by atoms with Crippen LogP contribution in [0.15, 0.2) is 18.6 Å². The molecule has 118 valence electrons. The summed E-state index contributed by atoms with van der Waals surface area (Å²) >= 11 is 0. The van der Waals surface area contributed by atoms with E-state index >= 15 is 0 Å². The van der Waals surface area contributed by atoms with Crippen molar-refractivity contribution < 1.29 is 4.79 Å². The van der Waals surface area contributed by atoms with Crippen LogP contribution in [0.1, 0.15) is 33.1 Å². The van der Waals surface area contributed by atoms with Crippen molar-refractivity contribution in [1.29, 1.82) is 5.26 Å². The molecule has 2 atom stereocenters. The van der Waals surface area contributed by atoms with Crippen molar-refractivity contribution in [2.24, 2.45) is 0 Å². The van der Waals surface area contributed by atoms with Gasteiger partial charge >= 0.3 is 0 Å². The molecule has 0 spiro atoms. The third kappa shape index (κ3) is 3.92. The van der Waals surface area contributed by atoms with Crippen molar-refractivity contribution in [2.45, 2.75) is 45.2 Å². The maximum absolute atomic E-state index is 12.5. The second kappa shape index (κ2) is 7.71. The molecule has 0 bridgehead atoms. The van der Waals surface area contributed by atoms with E-state index in [4.69, 9.17) is 5.26 Å². The second-order valence-electron chi connectivity index (χ2n) is 5.47. The first-order chi connectivity index (χ1) is 10.7. The van der Waals surface area contributed by atoms with Gasteiger partial charge in [0.2, 0.25) is 5.91 Å². The number of rotatable bonds is 6. The zero-order chi connectivity index (χ0) is 15.9. The first kappa shape index (κ1) is 16.2. The van der Waals surface area contributed by atoms with Crippen molar-refractivity contribution in [3.63, 3.8) is 0 Å². The number of hydrazine groups is 1. The van der Waals surface area contributed by atoms with Gasteiger partial charge in [0.25, 0.3) is 0 Å². The predicted molar refractivity (Wildman–Crippen MR) is 82.5 cm³/mol. The number of nitrogens with one attached hydrogen (secondary N) is 1. The highest BCUT2D eigenvalue weighted by atomic mass is 16.2. The molecule has 1 aliphatic rings. The number of aromatic nitrogens is 2. The van der Waals surface area contributed by atoms with Gasteiger partial charge < -0.3 is 10.3 Å². The quantitative estimate of drug-likeness (QED) is 0.800. The summed E-state index contributed by atoms with van der Waals surface area (Å²) in [5.41, 5.74) is 3.17. The third-order valence-corrected chi connectivity index (χ3v) is 3.99. The van der Waals surface area contributed by atoms with Gasteiger partial charge in [0.1, 0.15) is 18.2 Å². The number of nitrogens with zero attached hydrogens (tertiary/aromatic N) is 5. The molecule has 22 heavy (non-hydrogen) atoms. The van der Waals surface area contributed by atoms with Gasteiger partial charge in [-0.15, -0.1) is 0 Å². The Morgan fingerprint density at radius 2 is 2.50 bits per heavy atom. The van der Waals surface area contributed by atoms with E-state index in [1.807, 2.05) is 11.9 Å². The molecule has 1 aromatic heterocycles. The highest BCUT2D eigenvalue weighted by molar-refractivity contribution is 5.79. The molecule has 0 saturated carbocycles. The first-order valence-electron chi connectivity index (χ1n) is 7.64. The summed E-state index contributed by atoms with van der Waals surface area (Å²) in [6, 6.07) is 3.85. The fourth-order valence-electron chi connectivity index (χ4n) is 2.47. The summed E-state index contributed by atoms with van der Waals surface area (Å²) in [5.74, 6) is 0.632. The van der Waals surface area contributed by atoms with Crippen LogP contribution in [0.4, 0.5) is 5.82 Å². The molecule has 1 fully saturated rings. The van der Waals surface area contributed by atoms with E-state index in [0.29, 0.717) is 12.4 Å². The van der Waals surface area contributed by atoms with Gasteiger partial charge in [0, 0.05) is 24.8 Å². The zero-order valence-electron chi connectivity index (χ0n) is 13.1. The fourth-order valence-corrected chi connectivity index (χ4v) is 2.47. The van der Waals surface area contributed by atoms with Crippen LogP contribution in [0, 0.1) is 11.3 Å². The summed E-state index contributed by atoms with van der Waals surface area (Å²) in [6.07, 6.45) is 5.67. The minimum absolute atomic E-state index is 0.0223. The Kier molecular flexibility index (Phi) is 5.67. The van der Waals surface area contributed by atoms with Crippen LogP contribution in [-0.2, 0) is 4.79 Å². The average molecular weight is 302 g/mol. The molecule has 1 aromatic rings. The Labute approximate surface area is 130 Å². The summed E-state index contributed by atoms with van der Waals surface area (Å²) in [6.45, 7) is 5.00. The zero-order valence-corrected chi connectivity index (χ0v) is 13.1. The lowest BCUT2D eigenvalue weighted by atomic mass is 10.2. The number of hydrogen-bond acceptors (Lipinski definition) is 6. The lowest BCUT2D eigenvalue weighted by Crippen LogP contribution is -2.47. The van der Waals surface area contributed by atoms with E-state index in [9.17, 15) is 4.79 Å². The van der Waals surface area contributed by atoms with Crippen LogP contribution in [0.3, 0.4) is 0 Å². The molecule has 1 amide bonds. The lowest BCUT2D eigenvalue weighted by Gasteiger charge is -2.30. The number of carbonyl (C=O) groups is 1. The number of carbonyl (C=O) groups excluding carboxylic acids is 1. The normalized spacial score (nSPS) is 19.0. The second-order valence-corrected chi connectivity index (χ2v) is 5.47. The van der Waals surface area contributed by atoms with Crippen molar-refractivity contribution >= 4 is 11.7 Å². The summed E-state index contributed by atoms with van der Waals surface area (Å²) in [7, 11) is 0. The maximum atomic E-state index is 12.5. The molecule has 2 heterocycles. The van der Waals surface area contributed by atoms with Crippen LogP contribution in [0.5, 0.6) is 0 Å². The van der Waals surface area contributed by atoms with Crippen molar-refractivity contribution in [2.75, 3.05) is 18.5 Å². The van der Waals surface area contributed by atoms with Gasteiger partial charge in [-0.1, -0.05) is 6.92 Å². The van der Waals surface area contributed by atoms with E-state index in [-0.39, 0.29) is 24.5 Å². The number of hydrogen-bond donors (Lipinski definition) is 1. The Balaban J connectivity index is 2.03. The van der Waals surface area contributed by atoms with E-state index in [0.717, 1.165) is 19.3 Å². The molecule has 0 radical (unpaired) electrons.